The monoisotopic (exact) mass is 148 g/mol. The van der Waals surface area contributed by atoms with Crippen molar-refractivity contribution in [3.63, 3.8) is 0 Å². The minimum atomic E-state index is -0.898. The molecule has 1 rings (SSSR count). The van der Waals surface area contributed by atoms with Crippen molar-refractivity contribution in [1.82, 2.24) is 0 Å². The van der Waals surface area contributed by atoms with Crippen molar-refractivity contribution in [2.24, 2.45) is 0 Å². The Hall–Kier alpha value is -0.220. The lowest BCUT2D eigenvalue weighted by molar-refractivity contribution is -0.138. The van der Waals surface area contributed by atoms with Crippen LogP contribution in [0.2, 0.25) is 0 Å². The van der Waals surface area contributed by atoms with Crippen LogP contribution in [-0.2, 0) is 4.79 Å². The van der Waals surface area contributed by atoms with E-state index in [1.165, 1.54) is 11.8 Å². The first-order chi connectivity index (χ1) is 4.22. The summed E-state index contributed by atoms with van der Waals surface area (Å²) in [4.78, 5) is 10.2. The van der Waals surface area contributed by atoms with Crippen molar-refractivity contribution < 1.29 is 15.0 Å². The molecule has 52 valence electrons. The van der Waals surface area contributed by atoms with E-state index in [4.69, 9.17) is 10.2 Å². The van der Waals surface area contributed by atoms with Crippen LogP contribution in [-0.4, -0.2) is 33.3 Å². The number of aliphatic hydroxyl groups excluding tert-OH is 1. The number of hydrogen-bond donors (Lipinski definition) is 2. The van der Waals surface area contributed by atoms with E-state index < -0.39 is 17.3 Å². The predicted octanol–water partition coefficient (Wildman–Crippen LogP) is -0.0626. The minimum absolute atomic E-state index is 0.579. The summed E-state index contributed by atoms with van der Waals surface area (Å²) in [6, 6.07) is 0. The number of aliphatic hydroxyl groups is 1. The maximum atomic E-state index is 10.2. The maximum absolute atomic E-state index is 10.2. The van der Waals surface area contributed by atoms with E-state index >= 15 is 0 Å². The fourth-order valence-electron chi connectivity index (χ4n) is 0.814. The Morgan fingerprint density at radius 2 is 2.33 bits per heavy atom. The molecule has 1 aliphatic rings. The Labute approximate surface area is 57.1 Å². The van der Waals surface area contributed by atoms with Crippen LogP contribution in [0.15, 0.2) is 0 Å². The van der Waals surface area contributed by atoms with Crippen molar-refractivity contribution in [1.29, 1.82) is 0 Å². The topological polar surface area (TPSA) is 57.5 Å². The molecule has 4 heteroatoms. The average Bonchev–Trinajstić information content (AvgIpc) is 2.13. The van der Waals surface area contributed by atoms with Gasteiger partial charge in [-0.15, -0.1) is 11.8 Å². The number of carboxylic acids is 1. The van der Waals surface area contributed by atoms with Gasteiger partial charge in [0, 0.05) is 0 Å². The molecule has 2 atom stereocenters. The minimum Gasteiger partial charge on any atom is -0.480 e. The van der Waals surface area contributed by atoms with E-state index in [2.05, 4.69) is 0 Å². The SMILES string of the molecule is O=C(O)[C@@H]1SCC[C@@H]1O. The molecular weight excluding hydrogens is 140 g/mol. The molecule has 0 bridgehead atoms. The third kappa shape index (κ3) is 1.37. The molecule has 0 spiro atoms. The smallest absolute Gasteiger partial charge is 0.319 e. The molecule has 0 aromatic rings. The maximum Gasteiger partial charge on any atom is 0.319 e. The molecule has 1 saturated heterocycles. The molecule has 1 heterocycles. The Bertz CT molecular complexity index is 125. The Morgan fingerprint density at radius 3 is 2.56 bits per heavy atom. The summed E-state index contributed by atoms with van der Waals surface area (Å²) in [5.74, 6) is -0.136. The summed E-state index contributed by atoms with van der Waals surface area (Å²) in [6.45, 7) is 0. The highest BCUT2D eigenvalue weighted by molar-refractivity contribution is 8.00. The van der Waals surface area contributed by atoms with E-state index in [0.717, 1.165) is 5.75 Å². The van der Waals surface area contributed by atoms with Gasteiger partial charge in [0.1, 0.15) is 5.25 Å². The van der Waals surface area contributed by atoms with Crippen molar-refractivity contribution in [2.45, 2.75) is 17.8 Å². The molecule has 1 fully saturated rings. The molecule has 0 radical (unpaired) electrons. The second-order valence-corrected chi connectivity index (χ2v) is 3.24. The largest absolute Gasteiger partial charge is 0.480 e. The first-order valence-electron chi connectivity index (χ1n) is 2.74. The molecule has 0 aliphatic carbocycles. The predicted molar refractivity (Wildman–Crippen MR) is 34.5 cm³/mol. The quantitative estimate of drug-likeness (QED) is 0.547. The zero-order chi connectivity index (χ0) is 6.85. The van der Waals surface area contributed by atoms with Crippen LogP contribution >= 0.6 is 11.8 Å². The first kappa shape index (κ1) is 6.89. The van der Waals surface area contributed by atoms with E-state index in [1.807, 2.05) is 0 Å². The Balaban J connectivity index is 2.49. The fraction of sp³-hybridized carbons (Fsp3) is 0.800. The molecule has 0 aromatic carbocycles. The fourth-order valence-corrected chi connectivity index (χ4v) is 1.95. The van der Waals surface area contributed by atoms with E-state index in [9.17, 15) is 4.79 Å². The van der Waals surface area contributed by atoms with Crippen molar-refractivity contribution in [2.75, 3.05) is 5.75 Å². The van der Waals surface area contributed by atoms with Gasteiger partial charge in [-0.05, 0) is 12.2 Å². The van der Waals surface area contributed by atoms with Gasteiger partial charge >= 0.3 is 5.97 Å². The lowest BCUT2D eigenvalue weighted by Crippen LogP contribution is -2.25. The highest BCUT2D eigenvalue weighted by atomic mass is 32.2. The van der Waals surface area contributed by atoms with Gasteiger partial charge in [0.25, 0.3) is 0 Å². The first-order valence-corrected chi connectivity index (χ1v) is 3.79. The zero-order valence-corrected chi connectivity index (χ0v) is 5.60. The standard InChI is InChI=1S/C5H8O3S/c6-3-1-2-9-4(3)5(7)8/h3-4,6H,1-2H2,(H,7,8)/t3-,4+/m0/s1. The lowest BCUT2D eigenvalue weighted by Gasteiger charge is -2.05. The van der Waals surface area contributed by atoms with Crippen molar-refractivity contribution in [3.05, 3.63) is 0 Å². The number of carbonyl (C=O) groups is 1. The second-order valence-electron chi connectivity index (χ2n) is 1.99. The number of aliphatic carboxylic acids is 1. The molecule has 2 N–H and O–H groups in total. The van der Waals surface area contributed by atoms with E-state index in [1.54, 1.807) is 0 Å². The Morgan fingerprint density at radius 1 is 1.67 bits per heavy atom. The normalized spacial score (nSPS) is 34.8. The summed E-state index contributed by atoms with van der Waals surface area (Å²) in [5.41, 5.74) is 0. The number of carboxylic acid groups (broad SMARTS) is 1. The van der Waals surface area contributed by atoms with Gasteiger partial charge in [0.2, 0.25) is 0 Å². The van der Waals surface area contributed by atoms with Crippen molar-refractivity contribution in [3.8, 4) is 0 Å². The third-order valence-corrected chi connectivity index (χ3v) is 2.65. The molecule has 0 unspecified atom stereocenters. The molecule has 0 aromatic heterocycles. The second kappa shape index (κ2) is 2.58. The van der Waals surface area contributed by atoms with E-state index in [0.29, 0.717) is 6.42 Å². The van der Waals surface area contributed by atoms with Gasteiger partial charge in [0.15, 0.2) is 0 Å². The molecule has 0 amide bonds. The molecule has 3 nitrogen and oxygen atoms in total. The summed E-state index contributed by atoms with van der Waals surface area (Å²) < 4.78 is 0. The summed E-state index contributed by atoms with van der Waals surface area (Å²) in [5, 5.41) is 16.8. The van der Waals surface area contributed by atoms with Gasteiger partial charge in [-0.2, -0.15) is 0 Å². The van der Waals surface area contributed by atoms with Crippen LogP contribution in [0.3, 0.4) is 0 Å². The van der Waals surface area contributed by atoms with Crippen LogP contribution in [0.4, 0.5) is 0 Å². The van der Waals surface area contributed by atoms with Crippen molar-refractivity contribution >= 4 is 17.7 Å². The Kier molecular flexibility index (Phi) is 1.97. The zero-order valence-electron chi connectivity index (χ0n) is 4.78. The highest BCUT2D eigenvalue weighted by Gasteiger charge is 2.31. The summed E-state index contributed by atoms with van der Waals surface area (Å²) in [7, 11) is 0. The third-order valence-electron chi connectivity index (χ3n) is 1.30. The molecule has 0 saturated carbocycles. The van der Waals surface area contributed by atoms with Gasteiger partial charge < -0.3 is 10.2 Å². The average molecular weight is 148 g/mol. The summed E-state index contributed by atoms with van der Waals surface area (Å²) >= 11 is 1.31. The highest BCUT2D eigenvalue weighted by Crippen LogP contribution is 2.26. The summed E-state index contributed by atoms with van der Waals surface area (Å²) in [6.07, 6.45) is -0.0192. The van der Waals surface area contributed by atoms with Crippen LogP contribution in [0, 0.1) is 0 Å². The van der Waals surface area contributed by atoms with Gasteiger partial charge in [0.05, 0.1) is 6.10 Å². The van der Waals surface area contributed by atoms with Crippen LogP contribution in [0.1, 0.15) is 6.42 Å². The molecular formula is C5H8O3S. The van der Waals surface area contributed by atoms with Gasteiger partial charge in [-0.1, -0.05) is 0 Å². The van der Waals surface area contributed by atoms with Gasteiger partial charge in [-0.3, -0.25) is 4.79 Å². The molecule has 1 aliphatic heterocycles. The number of rotatable bonds is 1. The van der Waals surface area contributed by atoms with Crippen LogP contribution in [0.25, 0.3) is 0 Å². The van der Waals surface area contributed by atoms with E-state index in [-0.39, 0.29) is 0 Å². The number of hydrogen-bond acceptors (Lipinski definition) is 3. The van der Waals surface area contributed by atoms with Gasteiger partial charge in [-0.25, -0.2) is 0 Å². The lowest BCUT2D eigenvalue weighted by atomic mass is 10.2. The van der Waals surface area contributed by atoms with Crippen LogP contribution < -0.4 is 0 Å². The molecule has 9 heavy (non-hydrogen) atoms. The van der Waals surface area contributed by atoms with Crippen LogP contribution in [0.5, 0.6) is 0 Å². The number of thioether (sulfide) groups is 1.